The minimum Gasteiger partial charge on any atom is -0.456 e. The fraction of sp³-hybridized carbons (Fsp3) is 0. The number of nitrogens with zero attached hydrogens (tertiary/aromatic N) is 7. The summed E-state index contributed by atoms with van der Waals surface area (Å²) in [4.78, 5) is 29.4. The number of aromatic nitrogens is 6. The van der Waals surface area contributed by atoms with Crippen molar-refractivity contribution in [1.29, 1.82) is 0 Å². The highest BCUT2D eigenvalue weighted by atomic mass is 32.1. The molecule has 8 aromatic carbocycles. The van der Waals surface area contributed by atoms with E-state index in [2.05, 4.69) is 171 Å². The van der Waals surface area contributed by atoms with Crippen LogP contribution in [0.4, 0.5) is 17.1 Å². The minimum absolute atomic E-state index is 0.544. The van der Waals surface area contributed by atoms with Crippen LogP contribution in [0, 0.1) is 0 Å². The van der Waals surface area contributed by atoms with Gasteiger partial charge >= 0.3 is 0 Å². The Kier molecular flexibility index (Phi) is 10.7. The Morgan fingerprint density at radius 3 is 1.47 bits per heavy atom. The molecule has 15 aromatic rings. The van der Waals surface area contributed by atoms with Gasteiger partial charge in [0.25, 0.3) is 0 Å². The van der Waals surface area contributed by atoms with Crippen molar-refractivity contribution < 1.29 is 4.42 Å². The largest absolute Gasteiger partial charge is 0.456 e. The van der Waals surface area contributed by atoms with Crippen LogP contribution < -0.4 is 4.90 Å². The van der Waals surface area contributed by atoms with Crippen LogP contribution in [-0.4, -0.2) is 29.5 Å². The summed E-state index contributed by atoms with van der Waals surface area (Å²) in [7, 11) is 0. The first-order valence-electron chi connectivity index (χ1n) is 25.4. The molecule has 0 fully saturated rings. The first-order valence-corrected chi connectivity index (χ1v) is 27.0. The molecule has 362 valence electrons. The lowest BCUT2D eigenvalue weighted by atomic mass is 10.1. The van der Waals surface area contributed by atoms with Gasteiger partial charge in [-0.05, 0) is 114 Å². The van der Waals surface area contributed by atoms with Crippen LogP contribution in [0.2, 0.25) is 0 Å². The van der Waals surface area contributed by atoms with Gasteiger partial charge in [0, 0.05) is 98.5 Å². The van der Waals surface area contributed by atoms with Gasteiger partial charge in [0.2, 0.25) is 5.95 Å². The Labute approximate surface area is 450 Å². The first kappa shape index (κ1) is 44.6. The molecule has 7 heterocycles. The van der Waals surface area contributed by atoms with Crippen LogP contribution in [-0.2, 0) is 0 Å². The second-order valence-corrected chi connectivity index (χ2v) is 21.1. The Bertz CT molecular complexity index is 4530. The zero-order valence-electron chi connectivity index (χ0n) is 41.0. The lowest BCUT2D eigenvalue weighted by Crippen LogP contribution is -2.10. The lowest BCUT2D eigenvalue weighted by molar-refractivity contribution is 0.669. The molecule has 0 aliphatic rings. The number of hydrogen-bond acceptors (Lipinski definition) is 9. The number of pyridine rings is 2. The molecule has 0 radical (unpaired) electrons. The smallest absolute Gasteiger partial charge is 0.238 e. The highest BCUT2D eigenvalue weighted by molar-refractivity contribution is 7.31. The van der Waals surface area contributed by atoms with Crippen LogP contribution in [0.25, 0.3) is 125 Å². The topological polar surface area (TPSA) is 85.8 Å². The van der Waals surface area contributed by atoms with Gasteiger partial charge in [0.15, 0.2) is 11.6 Å². The van der Waals surface area contributed by atoms with Crippen LogP contribution in [0.1, 0.15) is 0 Å². The number of hydrogen-bond donors (Lipinski definition) is 0. The average Bonchev–Trinajstić information content (AvgIpc) is 4.34. The van der Waals surface area contributed by atoms with Gasteiger partial charge in [-0.1, -0.05) is 127 Å². The second kappa shape index (κ2) is 18.5. The van der Waals surface area contributed by atoms with Crippen molar-refractivity contribution in [3.63, 3.8) is 0 Å². The Morgan fingerprint density at radius 1 is 0.351 bits per heavy atom. The van der Waals surface area contributed by atoms with Crippen molar-refractivity contribution in [3.8, 4) is 72.1 Å². The number of furan rings is 1. The Hall–Kier alpha value is -9.87. The summed E-state index contributed by atoms with van der Waals surface area (Å²) in [5.41, 5.74) is 14.8. The third kappa shape index (κ3) is 8.02. The molecule has 0 amide bonds. The molecule has 10 heteroatoms. The van der Waals surface area contributed by atoms with Crippen molar-refractivity contribution in [2.75, 3.05) is 4.90 Å². The third-order valence-corrected chi connectivity index (χ3v) is 16.6. The summed E-state index contributed by atoms with van der Waals surface area (Å²) in [6.45, 7) is 0. The van der Waals surface area contributed by atoms with Gasteiger partial charge in [-0.2, -0.15) is 9.97 Å². The van der Waals surface area contributed by atoms with E-state index in [1.54, 1.807) is 0 Å². The zero-order chi connectivity index (χ0) is 50.8. The highest BCUT2D eigenvalue weighted by Crippen LogP contribution is 2.46. The van der Waals surface area contributed by atoms with Gasteiger partial charge in [-0.25, -0.2) is 4.98 Å². The number of thiophene rings is 2. The van der Waals surface area contributed by atoms with E-state index in [4.69, 9.17) is 19.4 Å². The normalized spacial score (nSPS) is 11.6. The van der Waals surface area contributed by atoms with Gasteiger partial charge in [-0.3, -0.25) is 14.5 Å². The fourth-order valence-electron chi connectivity index (χ4n) is 10.5. The molecule has 0 saturated carbocycles. The monoisotopic (exact) mass is 1020 g/mol. The molecular formula is C67H41N7OS2. The molecule has 0 unspecified atom stereocenters. The van der Waals surface area contributed by atoms with Crippen molar-refractivity contribution in [1.82, 2.24) is 29.5 Å². The van der Waals surface area contributed by atoms with Crippen molar-refractivity contribution in [3.05, 3.63) is 249 Å². The average molecular weight is 1020 g/mol. The first-order chi connectivity index (χ1) is 38.1. The predicted octanol–water partition coefficient (Wildman–Crippen LogP) is 18.4. The van der Waals surface area contributed by atoms with Gasteiger partial charge < -0.3 is 9.32 Å². The van der Waals surface area contributed by atoms with E-state index in [0.717, 1.165) is 106 Å². The highest BCUT2D eigenvalue weighted by Gasteiger charge is 2.22. The summed E-state index contributed by atoms with van der Waals surface area (Å²) >= 11 is 3.65. The van der Waals surface area contributed by atoms with Crippen LogP contribution >= 0.6 is 22.7 Å². The standard InChI is InChI=1S/C67H41N7OS2/c1-3-16-42(17-4-1)65-70-66(43-18-5-2-6-19-43)72-67(71-65)74-57-29-8-7-26-51(57)52-38-54-53-37-47(30-31-59(53)75-60(54)39-58(52)74)62-41-64-63(77-62)40-61(76-64)46-22-15-25-50(36-46)73(48-23-13-20-44(34-48)55-27-9-11-32-68-55)49-24-14-21-45(35-49)56-28-10-12-33-69-56/h1-41H. The molecule has 0 aliphatic carbocycles. The SMILES string of the molecule is c1ccc(-c2nc(-c3ccccc3)nc(-n3c4ccccc4c4cc5c(cc43)oc3ccc(-c4cc6sc(-c7cccc(N(c8cccc(-c9ccccn9)c8)c8cccc(-c9ccccn9)c8)c7)cc6s4)cc35)n2)cc1. The van der Waals surface area contributed by atoms with E-state index in [0.29, 0.717) is 17.6 Å². The summed E-state index contributed by atoms with van der Waals surface area (Å²) in [6.07, 6.45) is 3.68. The maximum Gasteiger partial charge on any atom is 0.238 e. The molecule has 7 aromatic heterocycles. The molecule has 8 nitrogen and oxygen atoms in total. The molecule has 0 atom stereocenters. The predicted molar refractivity (Wildman–Crippen MR) is 318 cm³/mol. The summed E-state index contributed by atoms with van der Waals surface area (Å²) in [6, 6.07) is 82.5. The van der Waals surface area contributed by atoms with E-state index in [1.165, 1.54) is 19.2 Å². The number of anilines is 3. The van der Waals surface area contributed by atoms with Crippen molar-refractivity contribution in [2.45, 2.75) is 0 Å². The van der Waals surface area contributed by atoms with Crippen molar-refractivity contribution in [2.24, 2.45) is 0 Å². The van der Waals surface area contributed by atoms with E-state index in [9.17, 15) is 0 Å². The molecule has 0 spiro atoms. The summed E-state index contributed by atoms with van der Waals surface area (Å²) in [5, 5.41) is 4.33. The maximum absolute atomic E-state index is 6.70. The minimum atomic E-state index is 0.544. The Morgan fingerprint density at radius 2 is 0.870 bits per heavy atom. The fourth-order valence-corrected chi connectivity index (χ4v) is 12.9. The van der Waals surface area contributed by atoms with Crippen LogP contribution in [0.5, 0.6) is 0 Å². The maximum atomic E-state index is 6.70. The molecule has 15 rings (SSSR count). The second-order valence-electron chi connectivity index (χ2n) is 18.9. The molecular weight excluding hydrogens is 983 g/mol. The molecule has 0 N–H and O–H groups in total. The zero-order valence-corrected chi connectivity index (χ0v) is 42.7. The van der Waals surface area contributed by atoms with Gasteiger partial charge in [0.05, 0.1) is 22.4 Å². The third-order valence-electron chi connectivity index (χ3n) is 14.2. The number of para-hydroxylation sites is 1. The summed E-state index contributed by atoms with van der Waals surface area (Å²) < 4.78 is 11.4. The number of fused-ring (bicyclic) bond motifs is 7. The lowest BCUT2D eigenvalue weighted by Gasteiger charge is -2.27. The summed E-state index contributed by atoms with van der Waals surface area (Å²) in [5.74, 6) is 1.76. The molecule has 0 bridgehead atoms. The molecule has 77 heavy (non-hydrogen) atoms. The van der Waals surface area contributed by atoms with E-state index in [-0.39, 0.29) is 0 Å². The van der Waals surface area contributed by atoms with Crippen LogP contribution in [0.15, 0.2) is 253 Å². The molecule has 0 aliphatic heterocycles. The van der Waals surface area contributed by atoms with E-state index < -0.39 is 0 Å². The number of benzene rings is 8. The quantitative estimate of drug-likeness (QED) is 0.135. The number of rotatable bonds is 10. The van der Waals surface area contributed by atoms with E-state index in [1.807, 2.05) is 120 Å². The van der Waals surface area contributed by atoms with Crippen molar-refractivity contribution >= 4 is 92.9 Å². The van der Waals surface area contributed by atoms with Gasteiger partial charge in [-0.15, -0.1) is 22.7 Å². The van der Waals surface area contributed by atoms with Gasteiger partial charge in [0.1, 0.15) is 11.2 Å². The molecule has 0 saturated heterocycles. The Balaban J connectivity index is 0.790. The van der Waals surface area contributed by atoms with Crippen LogP contribution in [0.3, 0.4) is 0 Å². The van der Waals surface area contributed by atoms with E-state index >= 15 is 0 Å².